The van der Waals surface area contributed by atoms with Gasteiger partial charge in [-0.2, -0.15) is 0 Å². The summed E-state index contributed by atoms with van der Waals surface area (Å²) in [5.41, 5.74) is -0.691. The number of esters is 4. The Morgan fingerprint density at radius 1 is 0.639 bits per heavy atom. The van der Waals surface area contributed by atoms with E-state index in [2.05, 4.69) is 6.92 Å². The maximum absolute atomic E-state index is 11.9. The molecule has 1 rings (SSSR count). The average molecular weight is 533 g/mol. The minimum atomic E-state index is -1.11. The van der Waals surface area contributed by atoms with E-state index >= 15 is 0 Å². The van der Waals surface area contributed by atoms with E-state index in [-0.39, 0.29) is 6.61 Å². The second kappa shape index (κ2) is 18.4. The van der Waals surface area contributed by atoms with Gasteiger partial charge in [0.2, 0.25) is 0 Å². The third-order valence-electron chi connectivity index (χ3n) is 5.73. The summed E-state index contributed by atoms with van der Waals surface area (Å²) in [6.45, 7) is 6.96. The zero-order valence-electron chi connectivity index (χ0n) is 22.5. The highest BCUT2D eigenvalue weighted by molar-refractivity contribution is 7.99. The molecule has 0 aromatic heterocycles. The van der Waals surface area contributed by atoms with E-state index in [0.29, 0.717) is 0 Å². The van der Waals surface area contributed by atoms with Crippen molar-refractivity contribution in [3.8, 4) is 0 Å². The number of carbonyl (C=O) groups is 4. The van der Waals surface area contributed by atoms with Crippen molar-refractivity contribution in [2.75, 3.05) is 12.4 Å². The second-order valence-electron chi connectivity index (χ2n) is 9.12. The molecule has 0 N–H and O–H groups in total. The number of unbranched alkanes of at least 4 members (excludes halogenated alkanes) is 9. The average Bonchev–Trinajstić information content (AvgIpc) is 2.78. The first-order valence-corrected chi connectivity index (χ1v) is 14.1. The minimum absolute atomic E-state index is 0.201. The monoisotopic (exact) mass is 532 g/mol. The highest BCUT2D eigenvalue weighted by Gasteiger charge is 2.52. The molecule has 0 aliphatic carbocycles. The SMILES string of the molecule is CCCCCCCCCCCCS[C@H]1O[C@H](COC(C)=O)[C@@H](OC(C)=O)[C@H](OC(C)=O)[C@@H]1OC(C)=O. The van der Waals surface area contributed by atoms with Crippen molar-refractivity contribution in [1.82, 2.24) is 0 Å². The van der Waals surface area contributed by atoms with Crippen LogP contribution >= 0.6 is 11.8 Å². The van der Waals surface area contributed by atoms with E-state index in [4.69, 9.17) is 23.7 Å². The molecule has 208 valence electrons. The Hall–Kier alpha value is -1.81. The van der Waals surface area contributed by atoms with E-state index in [1.165, 1.54) is 84.4 Å². The third-order valence-corrected chi connectivity index (χ3v) is 6.96. The molecule has 0 amide bonds. The van der Waals surface area contributed by atoms with Crippen molar-refractivity contribution >= 4 is 35.6 Å². The highest BCUT2D eigenvalue weighted by atomic mass is 32.2. The number of ether oxygens (including phenoxy) is 5. The van der Waals surface area contributed by atoms with Crippen molar-refractivity contribution in [2.45, 2.75) is 129 Å². The minimum Gasteiger partial charge on any atom is -0.463 e. The molecular weight excluding hydrogens is 488 g/mol. The van der Waals surface area contributed by atoms with Gasteiger partial charge in [-0.1, -0.05) is 64.7 Å². The van der Waals surface area contributed by atoms with Gasteiger partial charge in [0.15, 0.2) is 18.3 Å². The molecule has 1 aliphatic heterocycles. The smallest absolute Gasteiger partial charge is 0.303 e. The number of hydrogen-bond donors (Lipinski definition) is 0. The number of carbonyl (C=O) groups excluding carboxylic acids is 4. The second-order valence-corrected chi connectivity index (χ2v) is 10.3. The molecule has 9 nitrogen and oxygen atoms in total. The van der Waals surface area contributed by atoms with Crippen LogP contribution in [0.2, 0.25) is 0 Å². The van der Waals surface area contributed by atoms with Crippen molar-refractivity contribution < 1.29 is 42.9 Å². The summed E-state index contributed by atoms with van der Waals surface area (Å²) in [5.74, 6) is -1.62. The Morgan fingerprint density at radius 2 is 1.11 bits per heavy atom. The van der Waals surface area contributed by atoms with Gasteiger partial charge in [-0.25, -0.2) is 0 Å². The first-order chi connectivity index (χ1) is 17.1. The number of hydrogen-bond acceptors (Lipinski definition) is 10. The van der Waals surface area contributed by atoms with E-state index in [1.807, 2.05) is 0 Å². The van der Waals surface area contributed by atoms with Crippen LogP contribution in [0.5, 0.6) is 0 Å². The Bertz CT molecular complexity index is 684. The van der Waals surface area contributed by atoms with Crippen LogP contribution in [-0.4, -0.2) is 66.1 Å². The highest BCUT2D eigenvalue weighted by Crippen LogP contribution is 2.34. The van der Waals surface area contributed by atoms with Crippen molar-refractivity contribution in [2.24, 2.45) is 0 Å². The molecule has 1 fully saturated rings. The Kier molecular flexibility index (Phi) is 16.5. The van der Waals surface area contributed by atoms with Gasteiger partial charge in [0, 0.05) is 27.7 Å². The van der Waals surface area contributed by atoms with Crippen LogP contribution in [-0.2, 0) is 42.9 Å². The molecule has 0 saturated carbocycles. The largest absolute Gasteiger partial charge is 0.463 e. The zero-order valence-corrected chi connectivity index (χ0v) is 23.3. The van der Waals surface area contributed by atoms with Gasteiger partial charge in [-0.05, 0) is 12.2 Å². The van der Waals surface area contributed by atoms with Crippen LogP contribution in [0, 0.1) is 0 Å². The van der Waals surface area contributed by atoms with E-state index in [1.54, 1.807) is 0 Å². The van der Waals surface area contributed by atoms with Gasteiger partial charge < -0.3 is 23.7 Å². The van der Waals surface area contributed by atoms with Crippen LogP contribution in [0.15, 0.2) is 0 Å². The first-order valence-electron chi connectivity index (χ1n) is 13.1. The Balaban J connectivity index is 2.77. The predicted octanol–water partition coefficient (Wildman–Crippen LogP) is 4.72. The fraction of sp³-hybridized carbons (Fsp3) is 0.846. The topological polar surface area (TPSA) is 114 Å². The quantitative estimate of drug-likeness (QED) is 0.148. The summed E-state index contributed by atoms with van der Waals surface area (Å²) >= 11 is 1.44. The van der Waals surface area contributed by atoms with Crippen LogP contribution < -0.4 is 0 Å². The lowest BCUT2D eigenvalue weighted by atomic mass is 9.99. The molecule has 0 aromatic carbocycles. The molecule has 5 atom stereocenters. The van der Waals surface area contributed by atoms with Crippen LogP contribution in [0.3, 0.4) is 0 Å². The summed E-state index contributed by atoms with van der Waals surface area (Å²) < 4.78 is 27.6. The van der Waals surface area contributed by atoms with Gasteiger partial charge in [0.25, 0.3) is 0 Å². The van der Waals surface area contributed by atoms with Crippen LogP contribution in [0.4, 0.5) is 0 Å². The number of rotatable bonds is 17. The first kappa shape index (κ1) is 32.2. The van der Waals surface area contributed by atoms with E-state index in [0.717, 1.165) is 25.0 Å². The third kappa shape index (κ3) is 13.5. The molecule has 1 aliphatic rings. The summed E-state index contributed by atoms with van der Waals surface area (Å²) in [6, 6.07) is 0. The Labute approximate surface area is 219 Å². The van der Waals surface area contributed by atoms with Gasteiger partial charge in [0.1, 0.15) is 18.1 Å². The molecule has 0 aromatic rings. The molecular formula is C26H44O9S. The van der Waals surface area contributed by atoms with Gasteiger partial charge in [-0.3, -0.25) is 19.2 Å². The molecule has 1 heterocycles. The maximum Gasteiger partial charge on any atom is 0.303 e. The molecule has 36 heavy (non-hydrogen) atoms. The normalized spacial score (nSPS) is 23.5. The Morgan fingerprint density at radius 3 is 1.61 bits per heavy atom. The lowest BCUT2D eigenvalue weighted by molar-refractivity contribution is -0.237. The summed E-state index contributed by atoms with van der Waals surface area (Å²) in [7, 11) is 0. The van der Waals surface area contributed by atoms with Crippen molar-refractivity contribution in [1.29, 1.82) is 0 Å². The predicted molar refractivity (Wildman–Crippen MR) is 136 cm³/mol. The summed E-state index contributed by atoms with van der Waals surface area (Å²) in [4.78, 5) is 46.9. The number of thioether (sulfide) groups is 1. The molecule has 1 saturated heterocycles. The lowest BCUT2D eigenvalue weighted by Crippen LogP contribution is -2.61. The summed E-state index contributed by atoms with van der Waals surface area (Å²) in [6.07, 6.45) is 8.08. The fourth-order valence-corrected chi connectivity index (χ4v) is 5.34. The van der Waals surface area contributed by atoms with Crippen molar-refractivity contribution in [3.05, 3.63) is 0 Å². The van der Waals surface area contributed by atoms with Crippen LogP contribution in [0.1, 0.15) is 98.8 Å². The molecule has 0 unspecified atom stereocenters. The molecule has 0 spiro atoms. The summed E-state index contributed by atoms with van der Waals surface area (Å²) in [5, 5.41) is 0. The fourth-order valence-electron chi connectivity index (χ4n) is 4.11. The van der Waals surface area contributed by atoms with Gasteiger partial charge in [0.05, 0.1) is 0 Å². The van der Waals surface area contributed by atoms with E-state index < -0.39 is 53.7 Å². The zero-order chi connectivity index (χ0) is 26.9. The maximum atomic E-state index is 11.9. The lowest BCUT2D eigenvalue weighted by Gasteiger charge is -2.44. The van der Waals surface area contributed by atoms with Gasteiger partial charge >= 0.3 is 23.9 Å². The molecule has 10 heteroatoms. The van der Waals surface area contributed by atoms with Crippen molar-refractivity contribution in [3.63, 3.8) is 0 Å². The standard InChI is InChI=1S/C26H44O9S/c1-6-7-8-9-10-11-12-13-14-15-16-36-26-25(34-21(5)30)24(33-20(4)29)23(32-19(3)28)22(35-26)17-31-18(2)27/h22-26H,6-17H2,1-5H3/t22-,23-,24+,25+,26-/m1/s1. The van der Waals surface area contributed by atoms with E-state index in [9.17, 15) is 19.2 Å². The molecule has 0 radical (unpaired) electrons. The van der Waals surface area contributed by atoms with Gasteiger partial charge in [-0.15, -0.1) is 11.8 Å². The van der Waals surface area contributed by atoms with Crippen LogP contribution in [0.25, 0.3) is 0 Å². The molecule has 0 bridgehead atoms.